The normalized spacial score (nSPS) is 10.0. The molecule has 0 amide bonds. The Hall–Kier alpha value is -3.09. The Morgan fingerprint density at radius 1 is 0.957 bits per heavy atom. The number of benzene rings is 2. The third kappa shape index (κ3) is 3.23. The zero-order valence-electron chi connectivity index (χ0n) is 12.9. The van der Waals surface area contributed by atoms with E-state index in [1.165, 1.54) is 57.7 Å². The first-order valence-corrected chi connectivity index (χ1v) is 6.61. The van der Waals surface area contributed by atoms with Crippen molar-refractivity contribution in [1.29, 1.82) is 0 Å². The minimum Gasteiger partial charge on any atom is -0.493 e. The molecule has 0 aromatic heterocycles. The van der Waals surface area contributed by atoms with Crippen LogP contribution in [0.2, 0.25) is 0 Å². The molecule has 2 rings (SSSR count). The molecule has 0 fully saturated rings. The van der Waals surface area contributed by atoms with Gasteiger partial charge >= 0.3 is 0 Å². The number of non-ortho nitro benzene ring substituents is 1. The molecule has 2 aromatic carbocycles. The number of hydrogen-bond acceptors (Lipinski definition) is 6. The monoisotopic (exact) mass is 317 g/mol. The number of hydrogen-bond donors (Lipinski definition) is 0. The summed E-state index contributed by atoms with van der Waals surface area (Å²) in [4.78, 5) is 22.9. The molecule has 0 unspecified atom stereocenters. The minimum atomic E-state index is -0.550. The van der Waals surface area contributed by atoms with Crippen LogP contribution in [-0.4, -0.2) is 32.0 Å². The third-order valence-electron chi connectivity index (χ3n) is 3.25. The van der Waals surface area contributed by atoms with Crippen LogP contribution < -0.4 is 14.2 Å². The van der Waals surface area contributed by atoms with Gasteiger partial charge in [0.15, 0.2) is 17.3 Å². The molecule has 23 heavy (non-hydrogen) atoms. The number of carbonyl (C=O) groups is 1. The molecular weight excluding hydrogens is 302 g/mol. The summed E-state index contributed by atoms with van der Waals surface area (Å²) >= 11 is 0. The number of methoxy groups -OCH3 is 3. The van der Waals surface area contributed by atoms with E-state index in [4.69, 9.17) is 14.2 Å². The van der Waals surface area contributed by atoms with Crippen LogP contribution in [0.15, 0.2) is 36.4 Å². The van der Waals surface area contributed by atoms with Crippen molar-refractivity contribution < 1.29 is 23.9 Å². The molecule has 0 heterocycles. The highest BCUT2D eigenvalue weighted by Gasteiger charge is 2.19. The van der Waals surface area contributed by atoms with Gasteiger partial charge in [-0.3, -0.25) is 14.9 Å². The molecular formula is C16H15NO6. The summed E-state index contributed by atoms with van der Waals surface area (Å²) < 4.78 is 15.6. The summed E-state index contributed by atoms with van der Waals surface area (Å²) in [6.07, 6.45) is 0. The zero-order chi connectivity index (χ0) is 17.0. The van der Waals surface area contributed by atoms with Crippen LogP contribution in [0.5, 0.6) is 17.2 Å². The fraction of sp³-hybridized carbons (Fsp3) is 0.188. The van der Waals surface area contributed by atoms with Crippen LogP contribution >= 0.6 is 0 Å². The molecule has 0 saturated heterocycles. The van der Waals surface area contributed by atoms with E-state index >= 15 is 0 Å². The number of nitro groups is 1. The molecule has 0 spiro atoms. The van der Waals surface area contributed by atoms with Gasteiger partial charge in [0, 0.05) is 23.3 Å². The van der Waals surface area contributed by atoms with Crippen LogP contribution in [0, 0.1) is 10.1 Å². The maximum atomic E-state index is 12.6. The third-order valence-corrected chi connectivity index (χ3v) is 3.25. The minimum absolute atomic E-state index is 0.150. The van der Waals surface area contributed by atoms with E-state index in [1.807, 2.05) is 0 Å². The molecule has 0 N–H and O–H groups in total. The van der Waals surface area contributed by atoms with Gasteiger partial charge in [-0.1, -0.05) is 12.1 Å². The Labute approximate surface area is 132 Å². The maximum Gasteiger partial charge on any atom is 0.270 e. The number of ketones is 1. The summed E-state index contributed by atoms with van der Waals surface area (Å²) in [5.41, 5.74) is 0.330. The second kappa shape index (κ2) is 6.78. The zero-order valence-corrected chi connectivity index (χ0v) is 12.9. The van der Waals surface area contributed by atoms with E-state index in [9.17, 15) is 14.9 Å². The number of rotatable bonds is 6. The fourth-order valence-corrected chi connectivity index (χ4v) is 2.14. The van der Waals surface area contributed by atoms with E-state index in [0.29, 0.717) is 17.2 Å². The van der Waals surface area contributed by atoms with Gasteiger partial charge in [-0.15, -0.1) is 0 Å². The van der Waals surface area contributed by atoms with Crippen molar-refractivity contribution in [3.05, 3.63) is 57.6 Å². The molecule has 0 aliphatic rings. The van der Waals surface area contributed by atoms with Crippen LogP contribution in [0.3, 0.4) is 0 Å². The van der Waals surface area contributed by atoms with Crippen molar-refractivity contribution in [2.75, 3.05) is 21.3 Å². The molecule has 0 aliphatic carbocycles. The lowest BCUT2D eigenvalue weighted by Gasteiger charge is -2.13. The standard InChI is InChI=1S/C16H15NO6/c1-21-13-8-11(9-14(22-2)16(13)23-3)15(18)10-5-4-6-12(7-10)17(19)20/h4-9H,1-3H3. The van der Waals surface area contributed by atoms with Gasteiger partial charge in [-0.2, -0.15) is 0 Å². The van der Waals surface area contributed by atoms with Crippen molar-refractivity contribution in [2.45, 2.75) is 0 Å². The van der Waals surface area contributed by atoms with Crippen molar-refractivity contribution in [3.63, 3.8) is 0 Å². The van der Waals surface area contributed by atoms with Crippen molar-refractivity contribution in [1.82, 2.24) is 0 Å². The SMILES string of the molecule is COc1cc(C(=O)c2cccc([N+](=O)[O-])c2)cc(OC)c1OC. The van der Waals surface area contributed by atoms with Gasteiger partial charge in [0.2, 0.25) is 5.75 Å². The molecule has 0 bridgehead atoms. The van der Waals surface area contributed by atoms with Gasteiger partial charge in [0.05, 0.1) is 26.3 Å². The fourth-order valence-electron chi connectivity index (χ4n) is 2.14. The van der Waals surface area contributed by atoms with E-state index < -0.39 is 4.92 Å². The molecule has 0 atom stereocenters. The first-order valence-electron chi connectivity index (χ1n) is 6.61. The molecule has 0 radical (unpaired) electrons. The highest BCUT2D eigenvalue weighted by molar-refractivity contribution is 6.10. The number of carbonyl (C=O) groups excluding carboxylic acids is 1. The van der Waals surface area contributed by atoms with Crippen LogP contribution in [-0.2, 0) is 0 Å². The van der Waals surface area contributed by atoms with Crippen LogP contribution in [0.1, 0.15) is 15.9 Å². The number of nitrogens with zero attached hydrogens (tertiary/aromatic N) is 1. The molecule has 7 nitrogen and oxygen atoms in total. The van der Waals surface area contributed by atoms with E-state index in [1.54, 1.807) is 0 Å². The number of ether oxygens (including phenoxy) is 3. The smallest absolute Gasteiger partial charge is 0.270 e. The lowest BCUT2D eigenvalue weighted by atomic mass is 10.0. The Kier molecular flexibility index (Phi) is 4.80. The van der Waals surface area contributed by atoms with Gasteiger partial charge in [-0.05, 0) is 12.1 Å². The number of nitro benzene ring substituents is 1. The second-order valence-corrected chi connectivity index (χ2v) is 4.55. The summed E-state index contributed by atoms with van der Waals surface area (Å²) in [5.74, 6) is 0.653. The van der Waals surface area contributed by atoms with Gasteiger partial charge in [0.1, 0.15) is 0 Å². The predicted molar refractivity (Wildman–Crippen MR) is 82.6 cm³/mol. The van der Waals surface area contributed by atoms with E-state index in [-0.39, 0.29) is 22.6 Å². The van der Waals surface area contributed by atoms with Crippen LogP contribution in [0.4, 0.5) is 5.69 Å². The van der Waals surface area contributed by atoms with E-state index in [2.05, 4.69) is 0 Å². The average Bonchev–Trinajstić information content (AvgIpc) is 2.59. The maximum absolute atomic E-state index is 12.6. The molecule has 0 saturated carbocycles. The summed E-state index contributed by atoms with van der Waals surface area (Å²) in [6, 6.07) is 8.53. The average molecular weight is 317 g/mol. The van der Waals surface area contributed by atoms with Gasteiger partial charge in [0.25, 0.3) is 5.69 Å². The first-order chi connectivity index (χ1) is 11.0. The summed E-state index contributed by atoms with van der Waals surface area (Å²) in [5, 5.41) is 10.8. The molecule has 2 aromatic rings. The molecule has 7 heteroatoms. The Bertz CT molecular complexity index is 731. The Balaban J connectivity index is 2.51. The first kappa shape index (κ1) is 16.3. The highest BCUT2D eigenvalue weighted by atomic mass is 16.6. The summed E-state index contributed by atoms with van der Waals surface area (Å²) in [7, 11) is 4.35. The van der Waals surface area contributed by atoms with Crippen molar-refractivity contribution in [2.24, 2.45) is 0 Å². The lowest BCUT2D eigenvalue weighted by molar-refractivity contribution is -0.384. The molecule has 120 valence electrons. The topological polar surface area (TPSA) is 87.9 Å². The van der Waals surface area contributed by atoms with E-state index in [0.717, 1.165) is 0 Å². The van der Waals surface area contributed by atoms with Gasteiger partial charge in [-0.25, -0.2) is 0 Å². The second-order valence-electron chi connectivity index (χ2n) is 4.55. The quantitative estimate of drug-likeness (QED) is 0.462. The predicted octanol–water partition coefficient (Wildman–Crippen LogP) is 2.85. The summed E-state index contributed by atoms with van der Waals surface area (Å²) in [6.45, 7) is 0. The Morgan fingerprint density at radius 3 is 2.04 bits per heavy atom. The highest BCUT2D eigenvalue weighted by Crippen LogP contribution is 2.38. The Morgan fingerprint density at radius 2 is 1.57 bits per heavy atom. The van der Waals surface area contributed by atoms with Crippen LogP contribution in [0.25, 0.3) is 0 Å². The molecule has 0 aliphatic heterocycles. The van der Waals surface area contributed by atoms with Crippen molar-refractivity contribution >= 4 is 11.5 Å². The van der Waals surface area contributed by atoms with Crippen molar-refractivity contribution in [3.8, 4) is 17.2 Å². The van der Waals surface area contributed by atoms with Gasteiger partial charge < -0.3 is 14.2 Å². The largest absolute Gasteiger partial charge is 0.493 e. The lowest BCUT2D eigenvalue weighted by Crippen LogP contribution is -2.04.